The monoisotopic (exact) mass is 193 g/mol. The molecule has 1 amide bonds. The Morgan fingerprint density at radius 3 is 3.14 bits per heavy atom. The van der Waals surface area contributed by atoms with E-state index in [1.165, 1.54) is 19.3 Å². The summed E-state index contributed by atoms with van der Waals surface area (Å²) >= 11 is 0. The van der Waals surface area contributed by atoms with Gasteiger partial charge in [-0.05, 0) is 12.8 Å². The second kappa shape index (κ2) is 3.82. The number of hydrogen-bond donors (Lipinski definition) is 1. The van der Waals surface area contributed by atoms with E-state index < -0.39 is 0 Å². The molecule has 2 heterocycles. The van der Waals surface area contributed by atoms with E-state index in [0.717, 1.165) is 24.5 Å². The average Bonchev–Trinajstić information content (AvgIpc) is 2.37. The second-order valence-electron chi connectivity index (χ2n) is 3.77. The number of fused-ring (bicyclic) bond motifs is 1. The molecule has 14 heavy (non-hydrogen) atoms. The number of imidazole rings is 1. The first-order valence-electron chi connectivity index (χ1n) is 5.09. The lowest BCUT2D eigenvalue weighted by molar-refractivity contribution is -0.117. The van der Waals surface area contributed by atoms with Crippen molar-refractivity contribution in [2.45, 2.75) is 38.6 Å². The average molecular weight is 193 g/mol. The molecule has 1 aliphatic heterocycles. The third-order valence-corrected chi connectivity index (χ3v) is 2.66. The fourth-order valence-corrected chi connectivity index (χ4v) is 1.98. The predicted molar refractivity (Wildman–Crippen MR) is 52.7 cm³/mol. The summed E-state index contributed by atoms with van der Waals surface area (Å²) in [6.07, 6.45) is 6.75. The van der Waals surface area contributed by atoms with Gasteiger partial charge in [0.25, 0.3) is 0 Å². The van der Waals surface area contributed by atoms with Gasteiger partial charge in [0.05, 0.1) is 6.42 Å². The van der Waals surface area contributed by atoms with Gasteiger partial charge in [-0.25, -0.2) is 4.98 Å². The highest BCUT2D eigenvalue weighted by Gasteiger charge is 2.13. The van der Waals surface area contributed by atoms with Crippen molar-refractivity contribution in [3.05, 3.63) is 17.7 Å². The molecule has 0 saturated heterocycles. The van der Waals surface area contributed by atoms with Crippen LogP contribution in [0.2, 0.25) is 0 Å². The summed E-state index contributed by atoms with van der Waals surface area (Å²) in [5, 5.41) is 0. The smallest absolute Gasteiger partial charge is 0.223 e. The number of primary amides is 1. The highest BCUT2D eigenvalue weighted by Crippen LogP contribution is 2.16. The molecule has 0 spiro atoms. The van der Waals surface area contributed by atoms with Gasteiger partial charge in [0.15, 0.2) is 0 Å². The Hall–Kier alpha value is -1.32. The molecule has 1 aromatic rings. The molecule has 1 aliphatic rings. The molecule has 4 heteroatoms. The van der Waals surface area contributed by atoms with E-state index in [1.807, 2.05) is 0 Å². The van der Waals surface area contributed by atoms with Crippen LogP contribution in [-0.2, 0) is 24.2 Å². The molecule has 0 unspecified atom stereocenters. The summed E-state index contributed by atoms with van der Waals surface area (Å²) in [7, 11) is 0. The van der Waals surface area contributed by atoms with Crippen LogP contribution in [0.15, 0.2) is 6.20 Å². The topological polar surface area (TPSA) is 60.9 Å². The molecule has 0 bridgehead atoms. The molecule has 1 aromatic heterocycles. The van der Waals surface area contributed by atoms with Gasteiger partial charge in [-0.3, -0.25) is 4.79 Å². The number of amides is 1. The summed E-state index contributed by atoms with van der Waals surface area (Å²) in [4.78, 5) is 15.1. The van der Waals surface area contributed by atoms with Crippen LogP contribution in [0, 0.1) is 0 Å². The molecular weight excluding hydrogens is 178 g/mol. The van der Waals surface area contributed by atoms with Crippen molar-refractivity contribution in [1.82, 2.24) is 9.55 Å². The first-order chi connectivity index (χ1) is 6.77. The largest absolute Gasteiger partial charge is 0.369 e. The lowest BCUT2D eigenvalue weighted by atomic mass is 10.2. The Morgan fingerprint density at radius 2 is 2.36 bits per heavy atom. The van der Waals surface area contributed by atoms with Crippen molar-refractivity contribution in [3.63, 3.8) is 0 Å². The van der Waals surface area contributed by atoms with Crippen LogP contribution in [-0.4, -0.2) is 15.5 Å². The quantitative estimate of drug-likeness (QED) is 0.749. The lowest BCUT2D eigenvalue weighted by Crippen LogP contribution is -2.17. The molecule has 0 atom stereocenters. The number of aryl methyl sites for hydroxylation is 1. The minimum Gasteiger partial charge on any atom is -0.369 e. The van der Waals surface area contributed by atoms with Crippen molar-refractivity contribution in [2.24, 2.45) is 5.73 Å². The first-order valence-corrected chi connectivity index (χ1v) is 5.09. The number of rotatable bonds is 2. The van der Waals surface area contributed by atoms with Crippen LogP contribution < -0.4 is 5.73 Å². The van der Waals surface area contributed by atoms with E-state index in [2.05, 4.69) is 9.55 Å². The molecule has 2 N–H and O–H groups in total. The minimum atomic E-state index is -0.281. The minimum absolute atomic E-state index is 0.281. The highest BCUT2D eigenvalue weighted by atomic mass is 16.1. The Labute approximate surface area is 83.1 Å². The maximum Gasteiger partial charge on any atom is 0.223 e. The Morgan fingerprint density at radius 1 is 1.50 bits per heavy atom. The van der Waals surface area contributed by atoms with E-state index in [9.17, 15) is 4.79 Å². The van der Waals surface area contributed by atoms with Crippen LogP contribution >= 0.6 is 0 Å². The number of nitrogens with two attached hydrogens (primary N) is 1. The predicted octanol–water partition coefficient (Wildman–Crippen LogP) is 0.637. The van der Waals surface area contributed by atoms with E-state index in [0.29, 0.717) is 6.42 Å². The Bertz CT molecular complexity index is 343. The van der Waals surface area contributed by atoms with Crippen LogP contribution in [0.3, 0.4) is 0 Å². The summed E-state index contributed by atoms with van der Waals surface area (Å²) in [6, 6.07) is 0. The number of aromatic nitrogens is 2. The number of nitrogens with zero attached hydrogens (tertiary/aromatic N) is 2. The van der Waals surface area contributed by atoms with Gasteiger partial charge in [0.2, 0.25) is 5.91 Å². The van der Waals surface area contributed by atoms with Crippen molar-refractivity contribution < 1.29 is 4.79 Å². The molecule has 4 nitrogen and oxygen atoms in total. The third-order valence-electron chi connectivity index (χ3n) is 2.66. The van der Waals surface area contributed by atoms with E-state index in [4.69, 9.17) is 5.73 Å². The summed E-state index contributed by atoms with van der Waals surface area (Å²) < 4.78 is 2.15. The van der Waals surface area contributed by atoms with Gasteiger partial charge in [-0.2, -0.15) is 0 Å². The molecule has 0 aliphatic carbocycles. The summed E-state index contributed by atoms with van der Waals surface area (Å²) in [5.74, 6) is 0.829. The van der Waals surface area contributed by atoms with Gasteiger partial charge in [0.1, 0.15) is 5.82 Å². The van der Waals surface area contributed by atoms with Gasteiger partial charge in [-0.15, -0.1) is 0 Å². The summed E-state index contributed by atoms with van der Waals surface area (Å²) in [6.45, 7) is 0.984. The molecule has 76 valence electrons. The second-order valence-corrected chi connectivity index (χ2v) is 3.77. The molecular formula is C10H15N3O. The zero-order valence-electron chi connectivity index (χ0n) is 8.20. The van der Waals surface area contributed by atoms with Gasteiger partial charge in [-0.1, -0.05) is 6.42 Å². The fourth-order valence-electron chi connectivity index (χ4n) is 1.98. The molecule has 0 radical (unpaired) electrons. The molecule has 0 saturated carbocycles. The normalized spacial score (nSPS) is 16.0. The zero-order chi connectivity index (χ0) is 9.97. The van der Waals surface area contributed by atoms with E-state index in [1.54, 1.807) is 6.20 Å². The fraction of sp³-hybridized carbons (Fsp3) is 0.600. The SMILES string of the molecule is NC(=O)Cc1cnc2n1CCCCC2. The van der Waals surface area contributed by atoms with Crippen molar-refractivity contribution in [1.29, 1.82) is 0 Å². The number of hydrogen-bond acceptors (Lipinski definition) is 2. The Kier molecular flexibility index (Phi) is 2.52. The summed E-state index contributed by atoms with van der Waals surface area (Å²) in [5.41, 5.74) is 6.14. The van der Waals surface area contributed by atoms with Crippen LogP contribution in [0.1, 0.15) is 30.8 Å². The maximum absolute atomic E-state index is 10.8. The van der Waals surface area contributed by atoms with Crippen molar-refractivity contribution >= 4 is 5.91 Å². The third kappa shape index (κ3) is 1.78. The van der Waals surface area contributed by atoms with Crippen LogP contribution in [0.4, 0.5) is 0 Å². The molecule has 0 fully saturated rings. The zero-order valence-corrected chi connectivity index (χ0v) is 8.20. The lowest BCUT2D eigenvalue weighted by Gasteiger charge is -2.06. The van der Waals surface area contributed by atoms with Crippen molar-refractivity contribution in [2.75, 3.05) is 0 Å². The van der Waals surface area contributed by atoms with Gasteiger partial charge >= 0.3 is 0 Å². The van der Waals surface area contributed by atoms with Crippen LogP contribution in [0.5, 0.6) is 0 Å². The number of carbonyl (C=O) groups is 1. The standard InChI is InChI=1S/C10H15N3O/c11-9(14)6-8-7-12-10-4-2-1-3-5-13(8)10/h7H,1-6H2,(H2,11,14). The molecule has 0 aromatic carbocycles. The van der Waals surface area contributed by atoms with E-state index >= 15 is 0 Å². The van der Waals surface area contributed by atoms with Gasteiger partial charge < -0.3 is 10.3 Å². The number of carbonyl (C=O) groups excluding carboxylic acids is 1. The van der Waals surface area contributed by atoms with Crippen molar-refractivity contribution in [3.8, 4) is 0 Å². The van der Waals surface area contributed by atoms with Crippen LogP contribution in [0.25, 0.3) is 0 Å². The molecule has 2 rings (SSSR count). The first kappa shape index (κ1) is 9.24. The van der Waals surface area contributed by atoms with E-state index in [-0.39, 0.29) is 5.91 Å². The maximum atomic E-state index is 10.8. The Balaban J connectivity index is 2.24. The highest BCUT2D eigenvalue weighted by molar-refractivity contribution is 5.76. The van der Waals surface area contributed by atoms with Gasteiger partial charge in [0, 0.05) is 24.9 Å².